The van der Waals surface area contributed by atoms with Crippen LogP contribution in [0.3, 0.4) is 0 Å². The molecule has 0 spiro atoms. The third-order valence-electron chi connectivity index (χ3n) is 4.19. The Morgan fingerprint density at radius 3 is 2.75 bits per heavy atom. The number of unbranched alkanes of at least 4 members (excludes halogenated alkanes) is 5. The third-order valence-corrected chi connectivity index (χ3v) is 4.19. The first-order valence-corrected chi connectivity index (χ1v) is 8.93. The first-order chi connectivity index (χ1) is 11.6. The summed E-state index contributed by atoms with van der Waals surface area (Å²) in [6.45, 7) is 5.18. The minimum atomic E-state index is -0.324. The van der Waals surface area contributed by atoms with Gasteiger partial charge in [0.05, 0.1) is 12.2 Å². The van der Waals surface area contributed by atoms with Crippen molar-refractivity contribution in [2.45, 2.75) is 52.4 Å². The van der Waals surface area contributed by atoms with Gasteiger partial charge in [-0.05, 0) is 31.0 Å². The van der Waals surface area contributed by atoms with Gasteiger partial charge >= 0.3 is 5.97 Å². The number of anilines is 1. The summed E-state index contributed by atoms with van der Waals surface area (Å²) in [7, 11) is 0. The molecule has 0 saturated carbocycles. The van der Waals surface area contributed by atoms with Gasteiger partial charge in [-0.2, -0.15) is 0 Å². The summed E-state index contributed by atoms with van der Waals surface area (Å²) in [4.78, 5) is 25.6. The Kier molecular flexibility index (Phi) is 7.09. The van der Waals surface area contributed by atoms with Crippen LogP contribution in [-0.2, 0) is 9.59 Å². The number of hydrogen-bond donors (Lipinski definition) is 1. The van der Waals surface area contributed by atoms with Crippen LogP contribution in [0.5, 0.6) is 5.75 Å². The monoisotopic (exact) mass is 332 g/mol. The number of aryl methyl sites for hydroxylation is 1. The van der Waals surface area contributed by atoms with E-state index < -0.39 is 0 Å². The van der Waals surface area contributed by atoms with E-state index in [-0.39, 0.29) is 25.0 Å². The summed E-state index contributed by atoms with van der Waals surface area (Å²) in [6.07, 6.45) is 7.20. The number of nitrogens with zero attached hydrogens (tertiary/aromatic N) is 1. The van der Waals surface area contributed by atoms with Crippen LogP contribution >= 0.6 is 0 Å². The Hall–Kier alpha value is -2.04. The number of amides is 1. The van der Waals surface area contributed by atoms with Gasteiger partial charge in [-0.3, -0.25) is 4.79 Å². The summed E-state index contributed by atoms with van der Waals surface area (Å²) in [5.74, 6) is 0.154. The van der Waals surface area contributed by atoms with E-state index in [9.17, 15) is 9.59 Å². The van der Waals surface area contributed by atoms with E-state index in [0.29, 0.717) is 12.3 Å². The van der Waals surface area contributed by atoms with Crippen LogP contribution in [0, 0.1) is 6.92 Å². The molecule has 5 nitrogen and oxygen atoms in total. The lowest BCUT2D eigenvalue weighted by molar-refractivity contribution is -0.133. The summed E-state index contributed by atoms with van der Waals surface area (Å²) in [5.41, 5.74) is 1.88. The van der Waals surface area contributed by atoms with Crippen LogP contribution in [-0.4, -0.2) is 31.5 Å². The van der Waals surface area contributed by atoms with Crippen molar-refractivity contribution in [2.24, 2.45) is 0 Å². The number of ether oxygens (including phenoxy) is 1. The zero-order valence-electron chi connectivity index (χ0n) is 14.8. The fourth-order valence-electron chi connectivity index (χ4n) is 2.86. The molecule has 1 N–H and O–H groups in total. The molecule has 24 heavy (non-hydrogen) atoms. The Balaban J connectivity index is 1.78. The van der Waals surface area contributed by atoms with E-state index in [4.69, 9.17) is 4.74 Å². The normalized spacial score (nSPS) is 13.4. The minimum Gasteiger partial charge on any atom is -0.423 e. The maximum atomic E-state index is 12.1. The third kappa shape index (κ3) is 5.55. The highest BCUT2D eigenvalue weighted by molar-refractivity contribution is 5.89. The molecule has 1 amide bonds. The van der Waals surface area contributed by atoms with E-state index in [2.05, 4.69) is 12.2 Å². The molecule has 1 heterocycles. The van der Waals surface area contributed by atoms with Crippen molar-refractivity contribution in [2.75, 3.05) is 24.5 Å². The Morgan fingerprint density at radius 1 is 1.21 bits per heavy atom. The fourth-order valence-corrected chi connectivity index (χ4v) is 2.86. The van der Waals surface area contributed by atoms with Crippen molar-refractivity contribution in [1.29, 1.82) is 0 Å². The second kappa shape index (κ2) is 9.30. The summed E-state index contributed by atoms with van der Waals surface area (Å²) >= 11 is 0. The number of fused-ring (bicyclic) bond motifs is 1. The molecule has 1 aliphatic heterocycles. The number of carbonyl (C=O) groups is 2. The molecular formula is C19H28N2O3. The molecule has 0 aromatic heterocycles. The van der Waals surface area contributed by atoms with Crippen LogP contribution in [0.2, 0.25) is 0 Å². The van der Waals surface area contributed by atoms with Crippen molar-refractivity contribution in [3.05, 3.63) is 23.8 Å². The summed E-state index contributed by atoms with van der Waals surface area (Å²) in [6, 6.07) is 5.62. The van der Waals surface area contributed by atoms with E-state index in [1.54, 1.807) is 11.0 Å². The SMILES string of the molecule is CCCCCCCCNC(=O)CN1CC(=O)Oc2ccc(C)cc21. The van der Waals surface area contributed by atoms with Crippen molar-refractivity contribution >= 4 is 17.6 Å². The molecule has 0 bridgehead atoms. The van der Waals surface area contributed by atoms with Crippen molar-refractivity contribution < 1.29 is 14.3 Å². The highest BCUT2D eigenvalue weighted by Crippen LogP contribution is 2.32. The second-order valence-electron chi connectivity index (χ2n) is 6.42. The largest absolute Gasteiger partial charge is 0.423 e. The van der Waals surface area contributed by atoms with Gasteiger partial charge in [0, 0.05) is 6.54 Å². The highest BCUT2D eigenvalue weighted by atomic mass is 16.5. The maximum Gasteiger partial charge on any atom is 0.331 e. The summed E-state index contributed by atoms with van der Waals surface area (Å²) < 4.78 is 5.23. The van der Waals surface area contributed by atoms with Gasteiger partial charge in [0.15, 0.2) is 5.75 Å². The molecule has 0 saturated heterocycles. The number of benzene rings is 1. The lowest BCUT2D eigenvalue weighted by Crippen LogP contribution is -2.43. The zero-order valence-corrected chi connectivity index (χ0v) is 14.8. The average Bonchev–Trinajstić information content (AvgIpc) is 2.54. The van der Waals surface area contributed by atoms with E-state index in [1.165, 1.54) is 25.7 Å². The van der Waals surface area contributed by atoms with Crippen LogP contribution in [0.15, 0.2) is 18.2 Å². The molecule has 132 valence electrons. The predicted octanol–water partition coefficient (Wildman–Crippen LogP) is 3.20. The van der Waals surface area contributed by atoms with Crippen LogP contribution in [0.1, 0.15) is 51.0 Å². The van der Waals surface area contributed by atoms with Gasteiger partial charge in [0.25, 0.3) is 0 Å². The van der Waals surface area contributed by atoms with Gasteiger partial charge in [-0.1, -0.05) is 45.1 Å². The standard InChI is InChI=1S/C19H28N2O3/c1-3-4-5-6-7-8-11-20-18(22)13-21-14-19(23)24-17-10-9-15(2)12-16(17)21/h9-10,12H,3-8,11,13-14H2,1-2H3,(H,20,22). The quantitative estimate of drug-likeness (QED) is 0.429. The molecule has 1 aromatic carbocycles. The molecule has 0 unspecified atom stereocenters. The van der Waals surface area contributed by atoms with Crippen LogP contribution in [0.25, 0.3) is 0 Å². The average molecular weight is 332 g/mol. The lowest BCUT2D eigenvalue weighted by Gasteiger charge is -2.29. The van der Waals surface area contributed by atoms with Gasteiger partial charge in [0.1, 0.15) is 6.54 Å². The van der Waals surface area contributed by atoms with Crippen LogP contribution < -0.4 is 15.0 Å². The molecule has 0 radical (unpaired) electrons. The fraction of sp³-hybridized carbons (Fsp3) is 0.579. The molecule has 0 atom stereocenters. The maximum absolute atomic E-state index is 12.1. The Bertz CT molecular complexity index is 572. The predicted molar refractivity (Wildman–Crippen MR) is 95.4 cm³/mol. The van der Waals surface area contributed by atoms with Gasteiger partial charge < -0.3 is 15.0 Å². The topological polar surface area (TPSA) is 58.6 Å². The smallest absolute Gasteiger partial charge is 0.331 e. The van der Waals surface area contributed by atoms with Gasteiger partial charge in [-0.15, -0.1) is 0 Å². The van der Waals surface area contributed by atoms with Gasteiger partial charge in [-0.25, -0.2) is 4.79 Å². The van der Waals surface area contributed by atoms with Crippen LogP contribution in [0.4, 0.5) is 5.69 Å². The molecular weight excluding hydrogens is 304 g/mol. The Morgan fingerprint density at radius 2 is 1.96 bits per heavy atom. The number of carbonyl (C=O) groups excluding carboxylic acids is 2. The molecule has 0 fully saturated rings. The van der Waals surface area contributed by atoms with Crippen molar-refractivity contribution in [3.63, 3.8) is 0 Å². The number of nitrogens with one attached hydrogen (secondary N) is 1. The molecule has 0 aliphatic carbocycles. The van der Waals surface area contributed by atoms with Crippen molar-refractivity contribution in [1.82, 2.24) is 5.32 Å². The first-order valence-electron chi connectivity index (χ1n) is 8.93. The van der Waals surface area contributed by atoms with E-state index in [0.717, 1.165) is 24.1 Å². The molecule has 5 heteroatoms. The molecule has 2 rings (SSSR count). The summed E-state index contributed by atoms with van der Waals surface area (Å²) in [5, 5.41) is 2.95. The Labute approximate surface area is 144 Å². The lowest BCUT2D eigenvalue weighted by atomic mass is 10.1. The molecule has 1 aliphatic rings. The highest BCUT2D eigenvalue weighted by Gasteiger charge is 2.25. The number of esters is 1. The van der Waals surface area contributed by atoms with E-state index in [1.807, 2.05) is 19.1 Å². The molecule has 1 aromatic rings. The first kappa shape index (κ1) is 18.3. The number of rotatable bonds is 9. The van der Waals surface area contributed by atoms with E-state index >= 15 is 0 Å². The van der Waals surface area contributed by atoms with Crippen molar-refractivity contribution in [3.8, 4) is 5.75 Å². The number of hydrogen-bond acceptors (Lipinski definition) is 4. The van der Waals surface area contributed by atoms with Gasteiger partial charge in [0.2, 0.25) is 5.91 Å². The minimum absolute atomic E-state index is 0.0503. The zero-order chi connectivity index (χ0) is 17.4. The second-order valence-corrected chi connectivity index (χ2v) is 6.42.